The average molecular weight is 412 g/mol. The third kappa shape index (κ3) is 4.00. The van der Waals surface area contributed by atoms with Crippen molar-refractivity contribution in [3.05, 3.63) is 42.5 Å². The summed E-state index contributed by atoms with van der Waals surface area (Å²) in [5.74, 6) is -0.264. The summed E-state index contributed by atoms with van der Waals surface area (Å²) in [6.07, 6.45) is 0.0145. The molecule has 1 fully saturated rings. The molecule has 1 unspecified atom stereocenters. The second-order valence-corrected chi connectivity index (χ2v) is 6.80. The predicted molar refractivity (Wildman–Crippen MR) is 106 cm³/mol. The summed E-state index contributed by atoms with van der Waals surface area (Å²) >= 11 is 0. The number of hydrogen-bond donors (Lipinski definition) is 1. The Morgan fingerprint density at radius 3 is 2.80 bits per heavy atom. The molecule has 1 atom stereocenters. The van der Waals surface area contributed by atoms with Gasteiger partial charge >= 0.3 is 5.97 Å². The summed E-state index contributed by atoms with van der Waals surface area (Å²) in [6, 6.07) is 12.1. The standard InChI is InChI=1S/C21H20N2O7/c1-27-16-5-3-2-4-15(16)23-10-13(8-20(23)25)21(26)28-11-19(24)22-14-6-7-17-18(9-14)30-12-29-17/h2-7,9,13H,8,10-12H2,1H3,(H,22,24). The maximum atomic E-state index is 12.4. The third-order valence-electron chi connectivity index (χ3n) is 4.84. The molecule has 0 saturated carbocycles. The number of anilines is 2. The second kappa shape index (κ2) is 8.32. The summed E-state index contributed by atoms with van der Waals surface area (Å²) < 4.78 is 20.9. The number of methoxy groups -OCH3 is 1. The molecule has 2 amide bonds. The van der Waals surface area contributed by atoms with Crippen LogP contribution in [0.2, 0.25) is 0 Å². The highest BCUT2D eigenvalue weighted by Crippen LogP contribution is 2.34. The van der Waals surface area contributed by atoms with E-state index < -0.39 is 24.4 Å². The zero-order valence-corrected chi connectivity index (χ0v) is 16.3. The minimum Gasteiger partial charge on any atom is -0.495 e. The zero-order valence-electron chi connectivity index (χ0n) is 16.3. The molecule has 0 aromatic heterocycles. The number of fused-ring (bicyclic) bond motifs is 1. The number of carbonyl (C=O) groups is 3. The molecule has 1 saturated heterocycles. The summed E-state index contributed by atoms with van der Waals surface area (Å²) in [7, 11) is 1.52. The van der Waals surface area contributed by atoms with Crippen LogP contribution in [0.5, 0.6) is 17.2 Å². The van der Waals surface area contributed by atoms with Crippen molar-refractivity contribution in [2.45, 2.75) is 6.42 Å². The lowest BCUT2D eigenvalue weighted by Gasteiger charge is -2.19. The molecule has 0 bridgehead atoms. The van der Waals surface area contributed by atoms with E-state index in [1.165, 1.54) is 12.0 Å². The molecule has 2 aliphatic rings. The Bertz CT molecular complexity index is 991. The molecule has 2 aliphatic heterocycles. The van der Waals surface area contributed by atoms with Gasteiger partial charge in [0.05, 0.1) is 18.7 Å². The highest BCUT2D eigenvalue weighted by Gasteiger charge is 2.37. The molecule has 156 valence electrons. The van der Waals surface area contributed by atoms with Crippen LogP contribution < -0.4 is 24.4 Å². The minimum absolute atomic E-state index is 0.0145. The summed E-state index contributed by atoms with van der Waals surface area (Å²) in [5.41, 5.74) is 1.10. The van der Waals surface area contributed by atoms with Crippen LogP contribution in [-0.2, 0) is 19.1 Å². The van der Waals surface area contributed by atoms with Crippen molar-refractivity contribution in [3.63, 3.8) is 0 Å². The van der Waals surface area contributed by atoms with Crippen molar-refractivity contribution < 1.29 is 33.3 Å². The van der Waals surface area contributed by atoms with Gasteiger partial charge < -0.3 is 29.2 Å². The van der Waals surface area contributed by atoms with Gasteiger partial charge in [-0.25, -0.2) is 0 Å². The first-order valence-electron chi connectivity index (χ1n) is 9.34. The van der Waals surface area contributed by atoms with Crippen molar-refractivity contribution in [1.29, 1.82) is 0 Å². The van der Waals surface area contributed by atoms with Crippen LogP contribution in [0.4, 0.5) is 11.4 Å². The zero-order chi connectivity index (χ0) is 21.1. The van der Waals surface area contributed by atoms with Crippen LogP contribution in [0.15, 0.2) is 42.5 Å². The van der Waals surface area contributed by atoms with E-state index in [0.29, 0.717) is 28.6 Å². The maximum absolute atomic E-state index is 12.4. The Morgan fingerprint density at radius 1 is 1.17 bits per heavy atom. The van der Waals surface area contributed by atoms with Crippen LogP contribution in [0.25, 0.3) is 0 Å². The van der Waals surface area contributed by atoms with Crippen molar-refractivity contribution in [2.75, 3.05) is 37.3 Å². The Balaban J connectivity index is 1.31. The molecular formula is C21H20N2O7. The second-order valence-electron chi connectivity index (χ2n) is 6.80. The Hall–Kier alpha value is -3.75. The molecule has 30 heavy (non-hydrogen) atoms. The number of hydrogen-bond acceptors (Lipinski definition) is 7. The topological polar surface area (TPSA) is 103 Å². The van der Waals surface area contributed by atoms with Gasteiger partial charge in [0.2, 0.25) is 12.7 Å². The lowest BCUT2D eigenvalue weighted by molar-refractivity contribution is -0.151. The molecule has 0 aliphatic carbocycles. The lowest BCUT2D eigenvalue weighted by atomic mass is 10.1. The molecule has 4 rings (SSSR count). The van der Waals surface area contributed by atoms with Gasteiger partial charge in [-0.3, -0.25) is 14.4 Å². The van der Waals surface area contributed by atoms with Gasteiger partial charge in [0.25, 0.3) is 5.91 Å². The van der Waals surface area contributed by atoms with Crippen molar-refractivity contribution in [2.24, 2.45) is 5.92 Å². The van der Waals surface area contributed by atoms with Crippen LogP contribution in [-0.4, -0.2) is 44.8 Å². The molecule has 9 heteroatoms. The predicted octanol–water partition coefficient (Wildman–Crippen LogP) is 1.96. The minimum atomic E-state index is -0.652. The quantitative estimate of drug-likeness (QED) is 0.724. The largest absolute Gasteiger partial charge is 0.495 e. The van der Waals surface area contributed by atoms with E-state index in [0.717, 1.165) is 0 Å². The van der Waals surface area contributed by atoms with Gasteiger partial charge in [-0.05, 0) is 24.3 Å². The van der Waals surface area contributed by atoms with E-state index in [4.69, 9.17) is 18.9 Å². The molecule has 2 heterocycles. The van der Waals surface area contributed by atoms with Crippen molar-refractivity contribution in [3.8, 4) is 17.2 Å². The monoisotopic (exact) mass is 412 g/mol. The number of para-hydroxylation sites is 2. The molecule has 9 nitrogen and oxygen atoms in total. The fourth-order valence-corrected chi connectivity index (χ4v) is 3.38. The number of rotatable bonds is 6. The Morgan fingerprint density at radius 2 is 1.97 bits per heavy atom. The van der Waals surface area contributed by atoms with Gasteiger partial charge in [0.1, 0.15) is 5.75 Å². The summed E-state index contributed by atoms with van der Waals surface area (Å²) in [4.78, 5) is 38.4. The van der Waals surface area contributed by atoms with Crippen LogP contribution in [0.1, 0.15) is 6.42 Å². The number of nitrogens with zero attached hydrogens (tertiary/aromatic N) is 1. The first-order valence-corrected chi connectivity index (χ1v) is 9.34. The van der Waals surface area contributed by atoms with E-state index >= 15 is 0 Å². The molecule has 0 spiro atoms. The van der Waals surface area contributed by atoms with Gasteiger partial charge in [-0.15, -0.1) is 0 Å². The number of ether oxygens (including phenoxy) is 4. The number of amides is 2. The SMILES string of the molecule is COc1ccccc1N1CC(C(=O)OCC(=O)Nc2ccc3c(c2)OCO3)CC1=O. The van der Waals surface area contributed by atoms with Crippen LogP contribution in [0, 0.1) is 5.92 Å². The number of esters is 1. The third-order valence-corrected chi connectivity index (χ3v) is 4.84. The number of carbonyl (C=O) groups excluding carboxylic acids is 3. The van der Waals surface area contributed by atoms with Crippen LogP contribution >= 0.6 is 0 Å². The van der Waals surface area contributed by atoms with E-state index in [9.17, 15) is 14.4 Å². The summed E-state index contributed by atoms with van der Waals surface area (Å²) in [5, 5.41) is 2.63. The number of nitrogens with one attached hydrogen (secondary N) is 1. The molecular weight excluding hydrogens is 392 g/mol. The molecule has 0 radical (unpaired) electrons. The molecule has 2 aromatic rings. The van der Waals surface area contributed by atoms with Crippen LogP contribution in [0.3, 0.4) is 0 Å². The fourth-order valence-electron chi connectivity index (χ4n) is 3.38. The Kier molecular flexibility index (Phi) is 5.42. The van der Waals surface area contributed by atoms with Gasteiger partial charge in [-0.1, -0.05) is 12.1 Å². The fraction of sp³-hybridized carbons (Fsp3) is 0.286. The lowest BCUT2D eigenvalue weighted by Crippen LogP contribution is -2.28. The highest BCUT2D eigenvalue weighted by atomic mass is 16.7. The smallest absolute Gasteiger partial charge is 0.311 e. The first-order chi connectivity index (χ1) is 14.5. The van der Waals surface area contributed by atoms with Gasteiger partial charge in [0.15, 0.2) is 18.1 Å². The van der Waals surface area contributed by atoms with Crippen molar-refractivity contribution in [1.82, 2.24) is 0 Å². The van der Waals surface area contributed by atoms with Crippen molar-refractivity contribution >= 4 is 29.2 Å². The van der Waals surface area contributed by atoms with Gasteiger partial charge in [-0.2, -0.15) is 0 Å². The molecule has 2 aromatic carbocycles. The Labute approximate surface area is 172 Å². The first kappa shape index (κ1) is 19.6. The summed E-state index contributed by atoms with van der Waals surface area (Å²) in [6.45, 7) is -0.148. The average Bonchev–Trinajstić information content (AvgIpc) is 3.38. The van der Waals surface area contributed by atoms with Gasteiger partial charge in [0, 0.05) is 24.7 Å². The van der Waals surface area contributed by atoms with E-state index in [-0.39, 0.29) is 25.7 Å². The molecule has 1 N–H and O–H groups in total. The normalized spacial score (nSPS) is 17.0. The highest BCUT2D eigenvalue weighted by molar-refractivity contribution is 6.01. The van der Waals surface area contributed by atoms with E-state index in [1.54, 1.807) is 42.5 Å². The maximum Gasteiger partial charge on any atom is 0.311 e. The van der Waals surface area contributed by atoms with E-state index in [2.05, 4.69) is 5.32 Å². The van der Waals surface area contributed by atoms with E-state index in [1.807, 2.05) is 0 Å². The number of benzene rings is 2.